The fourth-order valence-corrected chi connectivity index (χ4v) is 0.204. The third kappa shape index (κ3) is 24.7. The monoisotopic (exact) mass is 105 g/mol. The summed E-state index contributed by atoms with van der Waals surface area (Å²) in [6.07, 6.45) is 2.39. The molecule has 2 heteroatoms. The first-order valence-corrected chi connectivity index (χ1v) is 2.56. The Bertz CT molecular complexity index is 15.6. The van der Waals surface area contributed by atoms with Gasteiger partial charge in [0.25, 0.3) is 0 Å². The van der Waals surface area contributed by atoms with Gasteiger partial charge in [-0.15, -0.1) is 0 Å². The van der Waals surface area contributed by atoms with Crippen molar-refractivity contribution in [1.29, 1.82) is 0 Å². The predicted molar refractivity (Wildman–Crippen MR) is 32.1 cm³/mol. The van der Waals surface area contributed by atoms with Crippen LogP contribution in [0.3, 0.4) is 0 Å². The van der Waals surface area contributed by atoms with Gasteiger partial charge in [0.15, 0.2) is 0 Å². The summed E-state index contributed by atoms with van der Waals surface area (Å²) < 4.78 is 0. The lowest BCUT2D eigenvalue weighted by Crippen LogP contribution is -1.95. The number of hydrogen-bond donors (Lipinski definition) is 2. The normalized spacial score (nSPS) is 6.86. The van der Waals surface area contributed by atoms with Gasteiger partial charge in [-0.05, 0) is 13.0 Å². The van der Waals surface area contributed by atoms with E-state index >= 15 is 0 Å². The van der Waals surface area contributed by atoms with Crippen LogP contribution in [0.5, 0.6) is 0 Å². The Balaban J connectivity index is 0. The number of aliphatic hydroxyl groups excluding tert-OH is 1. The molecule has 0 amide bonds. The molecular weight excluding hydrogens is 90.1 g/mol. The van der Waals surface area contributed by atoms with E-state index in [-0.39, 0.29) is 0 Å². The Labute approximate surface area is 45.3 Å². The van der Waals surface area contributed by atoms with E-state index in [1.54, 1.807) is 0 Å². The molecule has 0 aliphatic carbocycles. The van der Waals surface area contributed by atoms with Crippen molar-refractivity contribution >= 4 is 0 Å². The highest BCUT2D eigenvalue weighted by Gasteiger charge is 1.67. The van der Waals surface area contributed by atoms with Gasteiger partial charge in [0.1, 0.15) is 0 Å². The Hall–Kier alpha value is -0.0800. The number of aliphatic hydroxyl groups is 1. The van der Waals surface area contributed by atoms with Crippen molar-refractivity contribution in [2.75, 3.05) is 13.7 Å². The number of rotatable bonds is 2. The molecule has 0 aromatic rings. The second-order valence-corrected chi connectivity index (χ2v) is 1.14. The van der Waals surface area contributed by atoms with Crippen LogP contribution >= 0.6 is 0 Å². The van der Waals surface area contributed by atoms with Gasteiger partial charge in [-0.1, -0.05) is 13.3 Å². The lowest BCUT2D eigenvalue weighted by Gasteiger charge is -1.80. The van der Waals surface area contributed by atoms with Crippen LogP contribution in [0.15, 0.2) is 0 Å². The molecule has 0 aliphatic heterocycles. The molecule has 0 saturated carbocycles. The fraction of sp³-hybridized carbons (Fsp3) is 1.00. The van der Waals surface area contributed by atoms with Crippen LogP contribution in [-0.2, 0) is 0 Å². The molecule has 0 atom stereocenters. The number of unbranched alkanes of at least 4 members (excludes halogenated alkanes) is 1. The molecule has 0 rings (SSSR count). The summed E-state index contributed by atoms with van der Waals surface area (Å²) in [5.74, 6) is 0. The summed E-state index contributed by atoms with van der Waals surface area (Å²) in [7, 11) is 1.00. The third-order valence-electron chi connectivity index (χ3n) is 0.558. The zero-order valence-corrected chi connectivity index (χ0v) is 5.15. The van der Waals surface area contributed by atoms with Gasteiger partial charge in [0.2, 0.25) is 0 Å². The summed E-state index contributed by atoms with van der Waals surface area (Å²) in [5, 5.41) is 7.00. The molecule has 0 heterocycles. The first-order valence-electron chi connectivity index (χ1n) is 2.56. The Morgan fingerprint density at radius 1 is 1.43 bits per heavy atom. The van der Waals surface area contributed by atoms with E-state index in [1.807, 2.05) is 0 Å². The van der Waals surface area contributed by atoms with Crippen molar-refractivity contribution in [3.05, 3.63) is 0 Å². The standard InChI is InChI=1S/C4H11N.CH4O/c1-2-3-4-5;1-2/h2-5H2,1H3;2H,1H3. The molecule has 0 spiro atoms. The molecule has 0 saturated heterocycles. The first-order chi connectivity index (χ1) is 3.41. The van der Waals surface area contributed by atoms with Crippen LogP contribution in [0.4, 0.5) is 0 Å². The van der Waals surface area contributed by atoms with Gasteiger partial charge in [0.05, 0.1) is 0 Å². The topological polar surface area (TPSA) is 46.2 Å². The molecule has 3 N–H and O–H groups in total. The summed E-state index contributed by atoms with van der Waals surface area (Å²) in [4.78, 5) is 0. The number of nitrogens with two attached hydrogens (primary N) is 1. The van der Waals surface area contributed by atoms with E-state index in [0.29, 0.717) is 0 Å². The fourth-order valence-electron chi connectivity index (χ4n) is 0.204. The first kappa shape index (κ1) is 10.0. The minimum absolute atomic E-state index is 0.844. The molecule has 0 aromatic heterocycles. The highest BCUT2D eigenvalue weighted by molar-refractivity contribution is 4.29. The molecule has 0 fully saturated rings. The van der Waals surface area contributed by atoms with E-state index in [4.69, 9.17) is 10.8 Å². The van der Waals surface area contributed by atoms with Gasteiger partial charge >= 0.3 is 0 Å². The zero-order chi connectivity index (χ0) is 6.12. The minimum atomic E-state index is 0.844. The maximum Gasteiger partial charge on any atom is 0.0319 e. The summed E-state index contributed by atoms with van der Waals surface area (Å²) in [5.41, 5.74) is 5.14. The Morgan fingerprint density at radius 3 is 1.86 bits per heavy atom. The minimum Gasteiger partial charge on any atom is -0.400 e. The average Bonchev–Trinajstić information content (AvgIpc) is 1.75. The molecule has 0 bridgehead atoms. The third-order valence-corrected chi connectivity index (χ3v) is 0.558. The lowest BCUT2D eigenvalue weighted by molar-refractivity contribution is 0.399. The molecule has 46 valence electrons. The molecule has 0 aliphatic rings. The smallest absolute Gasteiger partial charge is 0.0319 e. The molecule has 0 unspecified atom stereocenters. The van der Waals surface area contributed by atoms with Crippen molar-refractivity contribution in [1.82, 2.24) is 0 Å². The maximum absolute atomic E-state index is 7.00. The second kappa shape index (κ2) is 16.8. The lowest BCUT2D eigenvalue weighted by atomic mass is 10.3. The van der Waals surface area contributed by atoms with Gasteiger partial charge in [-0.3, -0.25) is 0 Å². The summed E-state index contributed by atoms with van der Waals surface area (Å²) in [6, 6.07) is 0. The predicted octanol–water partition coefficient (Wildman–Crippen LogP) is 0.354. The molecular formula is C5H15NO. The Morgan fingerprint density at radius 2 is 1.86 bits per heavy atom. The molecule has 0 radical (unpaired) electrons. The van der Waals surface area contributed by atoms with Crippen molar-refractivity contribution < 1.29 is 5.11 Å². The van der Waals surface area contributed by atoms with Crippen LogP contribution in [0.25, 0.3) is 0 Å². The second-order valence-electron chi connectivity index (χ2n) is 1.14. The summed E-state index contributed by atoms with van der Waals surface area (Å²) >= 11 is 0. The van der Waals surface area contributed by atoms with E-state index in [9.17, 15) is 0 Å². The van der Waals surface area contributed by atoms with Crippen molar-refractivity contribution in [2.24, 2.45) is 5.73 Å². The molecule has 0 aromatic carbocycles. The van der Waals surface area contributed by atoms with Crippen LogP contribution in [0.1, 0.15) is 19.8 Å². The Kier molecular flexibility index (Phi) is 24.1. The highest BCUT2D eigenvalue weighted by atomic mass is 16.2. The average molecular weight is 105 g/mol. The van der Waals surface area contributed by atoms with Crippen LogP contribution in [0, 0.1) is 0 Å². The van der Waals surface area contributed by atoms with Gasteiger partial charge in [-0.25, -0.2) is 0 Å². The highest BCUT2D eigenvalue weighted by Crippen LogP contribution is 1.77. The van der Waals surface area contributed by atoms with Crippen molar-refractivity contribution in [3.63, 3.8) is 0 Å². The van der Waals surface area contributed by atoms with Gasteiger partial charge in [0, 0.05) is 7.11 Å². The quantitative estimate of drug-likeness (QED) is 0.532. The van der Waals surface area contributed by atoms with E-state index in [1.165, 1.54) is 12.8 Å². The maximum atomic E-state index is 7.00. The van der Waals surface area contributed by atoms with Gasteiger partial charge < -0.3 is 10.8 Å². The summed E-state index contributed by atoms with van der Waals surface area (Å²) in [6.45, 7) is 2.98. The van der Waals surface area contributed by atoms with E-state index in [0.717, 1.165) is 13.7 Å². The van der Waals surface area contributed by atoms with E-state index in [2.05, 4.69) is 6.92 Å². The van der Waals surface area contributed by atoms with Gasteiger partial charge in [-0.2, -0.15) is 0 Å². The van der Waals surface area contributed by atoms with Crippen LogP contribution in [0.2, 0.25) is 0 Å². The molecule has 2 nitrogen and oxygen atoms in total. The largest absolute Gasteiger partial charge is 0.400 e. The van der Waals surface area contributed by atoms with E-state index < -0.39 is 0 Å². The zero-order valence-electron chi connectivity index (χ0n) is 5.15. The van der Waals surface area contributed by atoms with Crippen molar-refractivity contribution in [2.45, 2.75) is 19.8 Å². The number of hydrogen-bond acceptors (Lipinski definition) is 2. The SMILES string of the molecule is CCCCN.CO. The van der Waals surface area contributed by atoms with Crippen LogP contribution in [-0.4, -0.2) is 18.8 Å². The van der Waals surface area contributed by atoms with Crippen LogP contribution < -0.4 is 5.73 Å². The van der Waals surface area contributed by atoms with Crippen molar-refractivity contribution in [3.8, 4) is 0 Å². The molecule has 7 heavy (non-hydrogen) atoms.